The Kier molecular flexibility index (Phi) is 5.88. The van der Waals surface area contributed by atoms with Crippen LogP contribution in [-0.4, -0.2) is 67.8 Å². The largest absolute Gasteiger partial charge is 0.508 e. The lowest BCUT2D eigenvalue weighted by Gasteiger charge is -2.26. The van der Waals surface area contributed by atoms with Crippen LogP contribution in [-0.2, 0) is 14.3 Å². The number of rotatable bonds is 6. The number of amides is 2. The van der Waals surface area contributed by atoms with Crippen molar-refractivity contribution in [3.8, 4) is 5.75 Å². The van der Waals surface area contributed by atoms with E-state index in [9.17, 15) is 14.7 Å². The minimum atomic E-state index is -0.315. The van der Waals surface area contributed by atoms with E-state index < -0.39 is 0 Å². The molecule has 0 saturated carbocycles. The van der Waals surface area contributed by atoms with Crippen molar-refractivity contribution in [2.24, 2.45) is 5.92 Å². The molecule has 136 valence electrons. The molecule has 2 heterocycles. The molecule has 0 spiro atoms. The fourth-order valence-corrected chi connectivity index (χ4v) is 3.25. The molecule has 2 N–H and O–H groups in total. The molecule has 0 aliphatic carbocycles. The summed E-state index contributed by atoms with van der Waals surface area (Å²) in [6.07, 6.45) is 1.13. The van der Waals surface area contributed by atoms with Crippen LogP contribution in [0.4, 0.5) is 5.69 Å². The van der Waals surface area contributed by atoms with Gasteiger partial charge in [-0.05, 0) is 37.2 Å². The van der Waals surface area contributed by atoms with Gasteiger partial charge in [-0.3, -0.25) is 14.5 Å². The molecule has 2 saturated heterocycles. The third-order valence-electron chi connectivity index (χ3n) is 4.71. The van der Waals surface area contributed by atoms with Crippen LogP contribution in [0.25, 0.3) is 0 Å². The Morgan fingerprint density at radius 3 is 2.68 bits per heavy atom. The third kappa shape index (κ3) is 4.70. The molecule has 2 aliphatic heterocycles. The van der Waals surface area contributed by atoms with Crippen molar-refractivity contribution in [2.75, 3.05) is 50.8 Å². The van der Waals surface area contributed by atoms with E-state index in [4.69, 9.17) is 4.74 Å². The zero-order valence-electron chi connectivity index (χ0n) is 14.3. The molecule has 2 amide bonds. The number of ether oxygens (including phenoxy) is 1. The van der Waals surface area contributed by atoms with Gasteiger partial charge in [-0.2, -0.15) is 0 Å². The number of phenols is 1. The highest BCUT2D eigenvalue weighted by Gasteiger charge is 2.34. The third-order valence-corrected chi connectivity index (χ3v) is 4.71. The molecule has 3 rings (SSSR count). The fraction of sp³-hybridized carbons (Fsp3) is 0.556. The first-order valence-electron chi connectivity index (χ1n) is 8.80. The van der Waals surface area contributed by atoms with Crippen LogP contribution in [0, 0.1) is 5.92 Å². The maximum atomic E-state index is 12.3. The number of nitrogens with zero attached hydrogens (tertiary/aromatic N) is 2. The summed E-state index contributed by atoms with van der Waals surface area (Å²) < 4.78 is 5.31. The van der Waals surface area contributed by atoms with Gasteiger partial charge in [-0.25, -0.2) is 0 Å². The van der Waals surface area contributed by atoms with Crippen LogP contribution >= 0.6 is 0 Å². The molecule has 2 aliphatic rings. The second-order valence-electron chi connectivity index (χ2n) is 6.52. The Hall–Kier alpha value is -2.12. The highest BCUT2D eigenvalue weighted by atomic mass is 16.5. The Bertz CT molecular complexity index is 599. The van der Waals surface area contributed by atoms with Gasteiger partial charge in [0.25, 0.3) is 0 Å². The van der Waals surface area contributed by atoms with Crippen molar-refractivity contribution in [3.63, 3.8) is 0 Å². The van der Waals surface area contributed by atoms with Gasteiger partial charge < -0.3 is 20.1 Å². The Morgan fingerprint density at radius 2 is 1.96 bits per heavy atom. The van der Waals surface area contributed by atoms with Crippen LogP contribution in [0.3, 0.4) is 0 Å². The first-order chi connectivity index (χ1) is 12.1. The molecule has 1 aromatic rings. The summed E-state index contributed by atoms with van der Waals surface area (Å²) in [5.41, 5.74) is 0.713. The number of morpholine rings is 1. The number of carbonyl (C=O) groups is 2. The van der Waals surface area contributed by atoms with Gasteiger partial charge in [-0.1, -0.05) is 0 Å². The molecule has 0 unspecified atom stereocenters. The van der Waals surface area contributed by atoms with Gasteiger partial charge in [0, 0.05) is 38.3 Å². The normalized spacial score (nSPS) is 21.5. The number of hydrogen-bond acceptors (Lipinski definition) is 5. The maximum Gasteiger partial charge on any atom is 0.227 e. The van der Waals surface area contributed by atoms with Gasteiger partial charge in [0.1, 0.15) is 5.75 Å². The summed E-state index contributed by atoms with van der Waals surface area (Å²) in [5, 5.41) is 12.3. The van der Waals surface area contributed by atoms with Crippen molar-refractivity contribution in [2.45, 2.75) is 12.8 Å². The second kappa shape index (κ2) is 8.31. The number of phenolic OH excluding ortho intramolecular Hbond substituents is 1. The summed E-state index contributed by atoms with van der Waals surface area (Å²) in [4.78, 5) is 28.4. The van der Waals surface area contributed by atoms with Gasteiger partial charge in [0.05, 0.1) is 19.1 Å². The van der Waals surface area contributed by atoms with E-state index in [-0.39, 0.29) is 29.9 Å². The Balaban J connectivity index is 1.42. The Morgan fingerprint density at radius 1 is 1.24 bits per heavy atom. The lowest BCUT2D eigenvalue weighted by molar-refractivity contribution is -0.126. The molecule has 25 heavy (non-hydrogen) atoms. The van der Waals surface area contributed by atoms with E-state index in [0.717, 1.165) is 39.3 Å². The number of hydrogen-bond donors (Lipinski definition) is 2. The molecule has 0 radical (unpaired) electrons. The van der Waals surface area contributed by atoms with Crippen molar-refractivity contribution < 1.29 is 19.4 Å². The topological polar surface area (TPSA) is 82.1 Å². The first kappa shape index (κ1) is 17.7. The fourth-order valence-electron chi connectivity index (χ4n) is 3.25. The maximum absolute atomic E-state index is 12.3. The summed E-state index contributed by atoms with van der Waals surface area (Å²) in [7, 11) is 0. The van der Waals surface area contributed by atoms with Gasteiger partial charge in [-0.15, -0.1) is 0 Å². The highest BCUT2D eigenvalue weighted by molar-refractivity contribution is 6.00. The van der Waals surface area contributed by atoms with Crippen LogP contribution in [0.5, 0.6) is 5.75 Å². The smallest absolute Gasteiger partial charge is 0.227 e. The van der Waals surface area contributed by atoms with E-state index in [1.165, 1.54) is 0 Å². The standard InChI is InChI=1S/C18H25N3O4/c22-16-4-2-15(3-5-16)21-13-14(12-17(21)23)18(24)19-6-1-7-20-8-10-25-11-9-20/h2-5,14,22H,1,6-13H2,(H,19,24)/t14-/m1/s1. The monoisotopic (exact) mass is 347 g/mol. The lowest BCUT2D eigenvalue weighted by Crippen LogP contribution is -2.39. The van der Waals surface area contributed by atoms with Gasteiger partial charge >= 0.3 is 0 Å². The zero-order chi connectivity index (χ0) is 17.6. The number of anilines is 1. The SMILES string of the molecule is O=C(NCCCN1CCOCC1)[C@@H]1CC(=O)N(c2ccc(O)cc2)C1. The molecule has 1 aromatic carbocycles. The minimum absolute atomic E-state index is 0.0563. The molecule has 1 atom stereocenters. The number of benzene rings is 1. The van der Waals surface area contributed by atoms with Crippen molar-refractivity contribution in [1.29, 1.82) is 0 Å². The van der Waals surface area contributed by atoms with Crippen molar-refractivity contribution in [1.82, 2.24) is 10.2 Å². The second-order valence-corrected chi connectivity index (χ2v) is 6.52. The molecule has 7 nitrogen and oxygen atoms in total. The molecule has 0 bridgehead atoms. The van der Waals surface area contributed by atoms with Crippen molar-refractivity contribution >= 4 is 17.5 Å². The zero-order valence-corrected chi connectivity index (χ0v) is 14.3. The van der Waals surface area contributed by atoms with Crippen LogP contribution in [0.15, 0.2) is 24.3 Å². The number of nitrogens with one attached hydrogen (secondary N) is 1. The lowest BCUT2D eigenvalue weighted by atomic mass is 10.1. The van der Waals surface area contributed by atoms with Crippen molar-refractivity contribution in [3.05, 3.63) is 24.3 Å². The molecule has 2 fully saturated rings. The van der Waals surface area contributed by atoms with Crippen LogP contribution < -0.4 is 10.2 Å². The quantitative estimate of drug-likeness (QED) is 0.736. The molecular formula is C18H25N3O4. The van der Waals surface area contributed by atoms with E-state index in [0.29, 0.717) is 18.8 Å². The number of aromatic hydroxyl groups is 1. The van der Waals surface area contributed by atoms with Gasteiger partial charge in [0.2, 0.25) is 11.8 Å². The average Bonchev–Trinajstić information content (AvgIpc) is 3.02. The van der Waals surface area contributed by atoms with E-state index in [1.807, 2.05) is 0 Å². The van der Waals surface area contributed by atoms with Crippen LogP contribution in [0.1, 0.15) is 12.8 Å². The Labute approximate surface area is 147 Å². The minimum Gasteiger partial charge on any atom is -0.508 e. The summed E-state index contributed by atoms with van der Waals surface area (Å²) in [6.45, 7) is 5.43. The predicted octanol–water partition coefficient (Wildman–Crippen LogP) is 0.584. The van der Waals surface area contributed by atoms with E-state index >= 15 is 0 Å². The molecular weight excluding hydrogens is 322 g/mol. The number of carbonyl (C=O) groups excluding carboxylic acids is 2. The molecule has 7 heteroatoms. The molecule has 0 aromatic heterocycles. The van der Waals surface area contributed by atoms with E-state index in [1.54, 1.807) is 29.2 Å². The van der Waals surface area contributed by atoms with Crippen LogP contribution in [0.2, 0.25) is 0 Å². The van der Waals surface area contributed by atoms with Gasteiger partial charge in [0.15, 0.2) is 0 Å². The summed E-state index contributed by atoms with van der Waals surface area (Å²) >= 11 is 0. The predicted molar refractivity (Wildman–Crippen MR) is 93.5 cm³/mol. The van der Waals surface area contributed by atoms with E-state index in [2.05, 4.69) is 10.2 Å². The summed E-state index contributed by atoms with van der Waals surface area (Å²) in [5.74, 6) is -0.273. The average molecular weight is 347 g/mol. The first-order valence-corrected chi connectivity index (χ1v) is 8.80. The highest BCUT2D eigenvalue weighted by Crippen LogP contribution is 2.26. The summed E-state index contributed by atoms with van der Waals surface area (Å²) in [6, 6.07) is 6.47.